The van der Waals surface area contributed by atoms with Crippen LogP contribution in [0.2, 0.25) is 0 Å². The van der Waals surface area contributed by atoms with Crippen molar-refractivity contribution in [1.82, 2.24) is 5.32 Å². The summed E-state index contributed by atoms with van der Waals surface area (Å²) in [5.74, 6) is -1.09. The van der Waals surface area contributed by atoms with Gasteiger partial charge in [0.05, 0.1) is 18.6 Å². The van der Waals surface area contributed by atoms with E-state index < -0.39 is 49.1 Å². The normalized spacial score (nSPS) is 46.0. The topological polar surface area (TPSA) is 119 Å². The van der Waals surface area contributed by atoms with E-state index in [9.17, 15) is 20.1 Å². The molecule has 6 unspecified atom stereocenters. The lowest BCUT2D eigenvalue weighted by Gasteiger charge is -2.30. The second kappa shape index (κ2) is 4.71. The minimum Gasteiger partial charge on any atom is -0.394 e. The van der Waals surface area contributed by atoms with Gasteiger partial charge in [-0.25, -0.2) is 0 Å². The molecule has 7 nitrogen and oxygen atoms in total. The molecule has 0 aliphatic carbocycles. The number of hydrogen-bond donors (Lipinski definition) is 5. The van der Waals surface area contributed by atoms with E-state index >= 15 is 0 Å². The van der Waals surface area contributed by atoms with Crippen molar-refractivity contribution >= 4 is 5.91 Å². The molecule has 2 heterocycles. The highest BCUT2D eigenvalue weighted by molar-refractivity contribution is 5.88. The Morgan fingerprint density at radius 3 is 2.53 bits per heavy atom. The second-order valence-electron chi connectivity index (χ2n) is 4.19. The Balaban J connectivity index is 2.13. The summed E-state index contributed by atoms with van der Waals surface area (Å²) in [6, 6.07) is 0. The van der Waals surface area contributed by atoms with Gasteiger partial charge in [-0.3, -0.25) is 4.79 Å². The fourth-order valence-electron chi connectivity index (χ4n) is 2.13. The molecular weight excluding hydrogens is 230 g/mol. The van der Waals surface area contributed by atoms with Crippen LogP contribution in [0.3, 0.4) is 0 Å². The number of carbonyl (C=O) groups is 1. The summed E-state index contributed by atoms with van der Waals surface area (Å²) < 4.78 is 5.27. The van der Waals surface area contributed by atoms with Gasteiger partial charge in [0, 0.05) is 0 Å². The molecule has 0 aromatic carbocycles. The maximum atomic E-state index is 10.9. The molecule has 0 radical (unpaired) electrons. The number of ether oxygens (including phenoxy) is 1. The van der Waals surface area contributed by atoms with Crippen LogP contribution in [0.5, 0.6) is 0 Å². The van der Waals surface area contributed by atoms with Crippen molar-refractivity contribution in [3.8, 4) is 0 Å². The number of rotatable bonds is 2. The number of aliphatic hydroxyl groups excluding tert-OH is 4. The third-order valence-corrected chi connectivity index (χ3v) is 3.08. The van der Waals surface area contributed by atoms with Crippen LogP contribution in [0.1, 0.15) is 0 Å². The number of carbonyl (C=O) groups excluding carboxylic acids is 1. The van der Waals surface area contributed by atoms with E-state index in [1.807, 2.05) is 0 Å². The number of nitrogens with one attached hydrogen (secondary N) is 1. The van der Waals surface area contributed by atoms with Crippen LogP contribution in [-0.4, -0.2) is 63.6 Å². The zero-order valence-electron chi connectivity index (χ0n) is 8.93. The molecule has 1 amide bonds. The van der Waals surface area contributed by atoms with Crippen molar-refractivity contribution in [2.45, 2.75) is 30.6 Å². The van der Waals surface area contributed by atoms with Crippen molar-refractivity contribution in [3.05, 3.63) is 12.2 Å². The monoisotopic (exact) mass is 245 g/mol. The Labute approximate surface area is 97.3 Å². The molecule has 2 aliphatic heterocycles. The van der Waals surface area contributed by atoms with Crippen LogP contribution >= 0.6 is 0 Å². The molecule has 5 N–H and O–H groups in total. The molecule has 2 rings (SSSR count). The molecule has 0 bridgehead atoms. The maximum absolute atomic E-state index is 10.9. The number of hydrogen-bond acceptors (Lipinski definition) is 6. The van der Waals surface area contributed by atoms with Crippen molar-refractivity contribution in [3.63, 3.8) is 0 Å². The molecule has 0 aromatic rings. The fraction of sp³-hybridized carbons (Fsp3) is 0.700. The first-order valence-electron chi connectivity index (χ1n) is 5.34. The first kappa shape index (κ1) is 12.5. The second-order valence-corrected chi connectivity index (χ2v) is 4.19. The number of amides is 1. The molecule has 7 heteroatoms. The standard InChI is InChI=1S/C10H15NO6/c12-3-5-7(14)8(15)9(17-5)4-1-2-6(13)11-10(4)16/h1-2,4-5,7-10,12,14-16H,3H2,(H,11,13). The lowest BCUT2D eigenvalue weighted by atomic mass is 9.92. The van der Waals surface area contributed by atoms with Crippen LogP contribution in [0.15, 0.2) is 12.2 Å². The van der Waals surface area contributed by atoms with Gasteiger partial charge in [-0.1, -0.05) is 6.08 Å². The molecule has 6 atom stereocenters. The van der Waals surface area contributed by atoms with Crippen molar-refractivity contribution in [1.29, 1.82) is 0 Å². The summed E-state index contributed by atoms with van der Waals surface area (Å²) in [6.07, 6.45) is -2.70. The summed E-state index contributed by atoms with van der Waals surface area (Å²) in [7, 11) is 0. The van der Waals surface area contributed by atoms with E-state index in [1.165, 1.54) is 12.2 Å². The van der Waals surface area contributed by atoms with E-state index in [0.29, 0.717) is 0 Å². The highest BCUT2D eigenvalue weighted by Gasteiger charge is 2.47. The summed E-state index contributed by atoms with van der Waals surface area (Å²) in [4.78, 5) is 10.9. The molecule has 1 fully saturated rings. The smallest absolute Gasteiger partial charge is 0.245 e. The number of aliphatic hydroxyl groups is 4. The third kappa shape index (κ3) is 2.20. The summed E-state index contributed by atoms with van der Waals surface area (Å²) in [5, 5.41) is 40.2. The molecule has 2 aliphatic rings. The van der Waals surface area contributed by atoms with Gasteiger partial charge in [0.15, 0.2) is 0 Å². The molecular formula is C10H15NO6. The Morgan fingerprint density at radius 1 is 1.29 bits per heavy atom. The zero-order valence-corrected chi connectivity index (χ0v) is 8.93. The average Bonchev–Trinajstić information content (AvgIpc) is 2.57. The minimum atomic E-state index is -1.22. The van der Waals surface area contributed by atoms with Crippen molar-refractivity contribution in [2.24, 2.45) is 5.92 Å². The average molecular weight is 245 g/mol. The third-order valence-electron chi connectivity index (χ3n) is 3.08. The van der Waals surface area contributed by atoms with Gasteiger partial charge in [-0.15, -0.1) is 0 Å². The SMILES string of the molecule is O=C1C=CC(C2OC(CO)C(O)C2O)C(O)N1. The molecule has 96 valence electrons. The van der Waals surface area contributed by atoms with Gasteiger partial charge in [-0.2, -0.15) is 0 Å². The van der Waals surface area contributed by atoms with E-state index in [0.717, 1.165) is 0 Å². The van der Waals surface area contributed by atoms with E-state index in [1.54, 1.807) is 0 Å². The van der Waals surface area contributed by atoms with Crippen molar-refractivity contribution in [2.75, 3.05) is 6.61 Å². The quantitative estimate of drug-likeness (QED) is 0.356. The van der Waals surface area contributed by atoms with Gasteiger partial charge in [0.1, 0.15) is 24.5 Å². The summed E-state index contributed by atoms with van der Waals surface area (Å²) in [5.41, 5.74) is 0. The van der Waals surface area contributed by atoms with Gasteiger partial charge in [-0.05, 0) is 6.08 Å². The van der Waals surface area contributed by atoms with Crippen LogP contribution in [0.4, 0.5) is 0 Å². The summed E-state index contributed by atoms with van der Waals surface area (Å²) >= 11 is 0. The van der Waals surface area contributed by atoms with Crippen LogP contribution in [0, 0.1) is 5.92 Å². The van der Waals surface area contributed by atoms with Gasteiger partial charge in [0.2, 0.25) is 5.91 Å². The van der Waals surface area contributed by atoms with E-state index in [-0.39, 0.29) is 0 Å². The van der Waals surface area contributed by atoms with Gasteiger partial charge in [0.25, 0.3) is 0 Å². The van der Waals surface area contributed by atoms with Crippen LogP contribution in [-0.2, 0) is 9.53 Å². The fourth-order valence-corrected chi connectivity index (χ4v) is 2.13. The van der Waals surface area contributed by atoms with E-state index in [2.05, 4.69) is 5.32 Å². The lowest BCUT2D eigenvalue weighted by Crippen LogP contribution is -2.49. The largest absolute Gasteiger partial charge is 0.394 e. The predicted molar refractivity (Wildman–Crippen MR) is 54.5 cm³/mol. The highest BCUT2D eigenvalue weighted by Crippen LogP contribution is 2.29. The Kier molecular flexibility index (Phi) is 3.45. The minimum absolute atomic E-state index is 0.423. The van der Waals surface area contributed by atoms with Gasteiger partial charge < -0.3 is 30.5 Å². The van der Waals surface area contributed by atoms with Crippen molar-refractivity contribution < 1.29 is 30.0 Å². The van der Waals surface area contributed by atoms with Crippen LogP contribution in [0.25, 0.3) is 0 Å². The Bertz CT molecular complexity index is 333. The Hall–Kier alpha value is -0.990. The molecule has 0 saturated carbocycles. The molecule has 0 aromatic heterocycles. The lowest BCUT2D eigenvalue weighted by molar-refractivity contribution is -0.124. The molecule has 0 spiro atoms. The summed E-state index contributed by atoms with van der Waals surface area (Å²) in [6.45, 7) is -0.423. The molecule has 1 saturated heterocycles. The Morgan fingerprint density at radius 2 is 2.00 bits per heavy atom. The van der Waals surface area contributed by atoms with E-state index in [4.69, 9.17) is 9.84 Å². The maximum Gasteiger partial charge on any atom is 0.245 e. The molecule has 17 heavy (non-hydrogen) atoms. The van der Waals surface area contributed by atoms with Gasteiger partial charge >= 0.3 is 0 Å². The first-order chi connectivity index (χ1) is 8.04. The zero-order chi connectivity index (χ0) is 12.6. The highest BCUT2D eigenvalue weighted by atomic mass is 16.6. The first-order valence-corrected chi connectivity index (χ1v) is 5.34. The predicted octanol–water partition coefficient (Wildman–Crippen LogP) is -2.91. The van der Waals surface area contributed by atoms with Crippen LogP contribution < -0.4 is 5.32 Å².